The van der Waals surface area contributed by atoms with Crippen LogP contribution in [0.5, 0.6) is 11.5 Å². The number of methoxy groups -OCH3 is 1. The normalized spacial score (nSPS) is 11.1. The van der Waals surface area contributed by atoms with Gasteiger partial charge in [-0.25, -0.2) is 4.98 Å². The third-order valence-electron chi connectivity index (χ3n) is 3.78. The van der Waals surface area contributed by atoms with E-state index >= 15 is 0 Å². The van der Waals surface area contributed by atoms with E-state index < -0.39 is 0 Å². The molecule has 0 bridgehead atoms. The minimum atomic E-state index is 0.0309. The molecule has 2 aromatic heterocycles. The molecule has 4 aromatic rings. The fourth-order valence-corrected chi connectivity index (χ4v) is 2.67. The second-order valence-corrected chi connectivity index (χ2v) is 5.71. The van der Waals surface area contributed by atoms with E-state index in [1.165, 1.54) is 0 Å². The molecule has 0 fully saturated rings. The SMILES string of the molecule is COc1ccc2nc(-c3[nH]nc(-c4ccc(Cl)cc4)c3O)[nH]c2c1. The minimum absolute atomic E-state index is 0.0309. The number of nitrogens with zero attached hydrogens (tertiary/aromatic N) is 2. The highest BCUT2D eigenvalue weighted by Crippen LogP contribution is 2.35. The highest BCUT2D eigenvalue weighted by molar-refractivity contribution is 6.30. The largest absolute Gasteiger partial charge is 0.504 e. The molecule has 0 spiro atoms. The quantitative estimate of drug-likeness (QED) is 0.526. The van der Waals surface area contributed by atoms with Gasteiger partial charge in [0.1, 0.15) is 17.1 Å². The highest BCUT2D eigenvalue weighted by Gasteiger charge is 2.18. The van der Waals surface area contributed by atoms with Crippen LogP contribution in [0.2, 0.25) is 5.02 Å². The molecular weight excluding hydrogens is 328 g/mol. The maximum atomic E-state index is 10.5. The van der Waals surface area contributed by atoms with Gasteiger partial charge in [-0.15, -0.1) is 0 Å². The van der Waals surface area contributed by atoms with Gasteiger partial charge in [0, 0.05) is 16.7 Å². The van der Waals surface area contributed by atoms with Gasteiger partial charge in [0.15, 0.2) is 11.6 Å². The minimum Gasteiger partial charge on any atom is -0.504 e. The molecule has 0 aliphatic heterocycles. The number of aromatic amines is 2. The van der Waals surface area contributed by atoms with Gasteiger partial charge >= 0.3 is 0 Å². The molecule has 0 radical (unpaired) electrons. The van der Waals surface area contributed by atoms with Gasteiger partial charge in [-0.2, -0.15) is 5.10 Å². The molecule has 2 aromatic carbocycles. The lowest BCUT2D eigenvalue weighted by molar-refractivity contribution is 0.415. The average molecular weight is 341 g/mol. The molecule has 3 N–H and O–H groups in total. The van der Waals surface area contributed by atoms with E-state index in [0.717, 1.165) is 22.3 Å². The van der Waals surface area contributed by atoms with Crippen molar-refractivity contribution in [2.24, 2.45) is 0 Å². The van der Waals surface area contributed by atoms with Crippen LogP contribution in [-0.2, 0) is 0 Å². The molecule has 6 nitrogen and oxygen atoms in total. The Bertz CT molecular complexity index is 1020. The third-order valence-corrected chi connectivity index (χ3v) is 4.04. The Hall–Kier alpha value is -2.99. The number of fused-ring (bicyclic) bond motifs is 1. The second-order valence-electron chi connectivity index (χ2n) is 5.27. The Labute approximate surface area is 142 Å². The van der Waals surface area contributed by atoms with Crippen LogP contribution < -0.4 is 4.74 Å². The second kappa shape index (κ2) is 5.58. The van der Waals surface area contributed by atoms with Crippen molar-refractivity contribution in [3.8, 4) is 34.3 Å². The lowest BCUT2D eigenvalue weighted by atomic mass is 10.1. The van der Waals surface area contributed by atoms with Crippen molar-refractivity contribution >= 4 is 22.6 Å². The first kappa shape index (κ1) is 14.6. The Balaban J connectivity index is 1.78. The molecule has 0 saturated carbocycles. The maximum absolute atomic E-state index is 10.5. The Morgan fingerprint density at radius 1 is 1.12 bits per heavy atom. The molecular formula is C17H13ClN4O2. The summed E-state index contributed by atoms with van der Waals surface area (Å²) in [6.45, 7) is 0. The fraction of sp³-hybridized carbons (Fsp3) is 0.0588. The number of halogens is 1. The molecule has 0 aliphatic rings. The van der Waals surface area contributed by atoms with Gasteiger partial charge in [0.2, 0.25) is 0 Å². The summed E-state index contributed by atoms with van der Waals surface area (Å²) in [6.07, 6.45) is 0. The van der Waals surface area contributed by atoms with Gasteiger partial charge in [0.05, 0.1) is 18.1 Å². The van der Waals surface area contributed by atoms with Gasteiger partial charge in [0.25, 0.3) is 0 Å². The number of ether oxygens (including phenoxy) is 1. The molecule has 0 unspecified atom stereocenters. The topological polar surface area (TPSA) is 86.8 Å². The lowest BCUT2D eigenvalue weighted by Gasteiger charge is -1.98. The summed E-state index contributed by atoms with van der Waals surface area (Å²) >= 11 is 5.89. The molecule has 0 amide bonds. The molecule has 0 atom stereocenters. The van der Waals surface area contributed by atoms with Gasteiger partial charge in [-0.1, -0.05) is 23.7 Å². The zero-order valence-electron chi connectivity index (χ0n) is 12.7. The van der Waals surface area contributed by atoms with Crippen LogP contribution in [0.3, 0.4) is 0 Å². The molecule has 120 valence electrons. The Kier molecular flexibility index (Phi) is 3.39. The first-order valence-electron chi connectivity index (χ1n) is 7.23. The number of H-pyrrole nitrogens is 2. The molecule has 4 rings (SSSR count). The van der Waals surface area contributed by atoms with Crippen LogP contribution >= 0.6 is 11.6 Å². The van der Waals surface area contributed by atoms with Gasteiger partial charge in [-0.3, -0.25) is 5.10 Å². The fourth-order valence-electron chi connectivity index (χ4n) is 2.54. The first-order valence-corrected chi connectivity index (χ1v) is 7.61. The summed E-state index contributed by atoms with van der Waals surface area (Å²) < 4.78 is 5.20. The van der Waals surface area contributed by atoms with Crippen molar-refractivity contribution in [1.29, 1.82) is 0 Å². The zero-order chi connectivity index (χ0) is 16.7. The molecule has 24 heavy (non-hydrogen) atoms. The van der Waals surface area contributed by atoms with E-state index in [4.69, 9.17) is 16.3 Å². The summed E-state index contributed by atoms with van der Waals surface area (Å²) in [5.41, 5.74) is 3.21. The third kappa shape index (κ3) is 2.37. The van der Waals surface area contributed by atoms with Crippen LogP contribution in [0, 0.1) is 0 Å². The summed E-state index contributed by atoms with van der Waals surface area (Å²) in [5.74, 6) is 1.26. The molecule has 0 aliphatic carbocycles. The monoisotopic (exact) mass is 340 g/mol. The number of aromatic nitrogens is 4. The summed E-state index contributed by atoms with van der Waals surface area (Å²) in [6, 6.07) is 12.6. The maximum Gasteiger partial charge on any atom is 0.172 e. The Morgan fingerprint density at radius 2 is 1.92 bits per heavy atom. The predicted octanol–water partition coefficient (Wildman–Crippen LogP) is 3.99. The van der Waals surface area contributed by atoms with Crippen molar-refractivity contribution in [1.82, 2.24) is 20.2 Å². The van der Waals surface area contributed by atoms with Crippen molar-refractivity contribution in [2.45, 2.75) is 0 Å². The predicted molar refractivity (Wildman–Crippen MR) is 92.3 cm³/mol. The summed E-state index contributed by atoms with van der Waals surface area (Å²) in [7, 11) is 1.61. The first-order chi connectivity index (χ1) is 11.7. The number of rotatable bonds is 3. The molecule has 0 saturated heterocycles. The van der Waals surface area contributed by atoms with Gasteiger partial charge < -0.3 is 14.8 Å². The molecule has 2 heterocycles. The number of aromatic hydroxyl groups is 1. The number of nitrogens with one attached hydrogen (secondary N) is 2. The van der Waals surface area contributed by atoms with Crippen LogP contribution in [-0.4, -0.2) is 32.4 Å². The van der Waals surface area contributed by atoms with E-state index in [0.29, 0.717) is 22.2 Å². The van der Waals surface area contributed by atoms with E-state index in [1.807, 2.05) is 18.2 Å². The van der Waals surface area contributed by atoms with Crippen molar-refractivity contribution in [3.63, 3.8) is 0 Å². The van der Waals surface area contributed by atoms with Crippen LogP contribution in [0.1, 0.15) is 0 Å². The standard InChI is InChI=1S/C17H13ClN4O2/c1-24-11-6-7-12-13(8-11)20-17(19-12)15-16(23)14(21-22-15)9-2-4-10(18)5-3-9/h2-8,23H,1H3,(H,19,20)(H,21,22). The smallest absolute Gasteiger partial charge is 0.172 e. The number of hydrogen-bond acceptors (Lipinski definition) is 4. The van der Waals surface area contributed by atoms with E-state index in [2.05, 4.69) is 20.2 Å². The van der Waals surface area contributed by atoms with Crippen molar-refractivity contribution in [2.75, 3.05) is 7.11 Å². The van der Waals surface area contributed by atoms with E-state index in [9.17, 15) is 5.11 Å². The zero-order valence-corrected chi connectivity index (χ0v) is 13.4. The van der Waals surface area contributed by atoms with E-state index in [1.54, 1.807) is 31.4 Å². The van der Waals surface area contributed by atoms with Crippen LogP contribution in [0.15, 0.2) is 42.5 Å². The average Bonchev–Trinajstić information content (AvgIpc) is 3.18. The number of hydrogen-bond donors (Lipinski definition) is 3. The van der Waals surface area contributed by atoms with Gasteiger partial charge in [-0.05, 0) is 24.3 Å². The lowest BCUT2D eigenvalue weighted by Crippen LogP contribution is -1.81. The Morgan fingerprint density at radius 3 is 2.67 bits per heavy atom. The van der Waals surface area contributed by atoms with Crippen molar-refractivity contribution < 1.29 is 9.84 Å². The van der Waals surface area contributed by atoms with E-state index in [-0.39, 0.29) is 5.75 Å². The summed E-state index contributed by atoms with van der Waals surface area (Å²) in [4.78, 5) is 7.63. The highest BCUT2D eigenvalue weighted by atomic mass is 35.5. The molecule has 7 heteroatoms. The van der Waals surface area contributed by atoms with Crippen molar-refractivity contribution in [3.05, 3.63) is 47.5 Å². The van der Waals surface area contributed by atoms with Crippen LogP contribution in [0.25, 0.3) is 33.8 Å². The number of imidazole rings is 1. The van der Waals surface area contributed by atoms with Crippen LogP contribution in [0.4, 0.5) is 0 Å². The number of benzene rings is 2. The summed E-state index contributed by atoms with van der Waals surface area (Å²) in [5, 5.41) is 18.2.